The van der Waals surface area contributed by atoms with E-state index in [0.29, 0.717) is 5.02 Å². The zero-order valence-electron chi connectivity index (χ0n) is 12.7. The molecule has 1 N–H and O–H groups in total. The number of halogens is 1. The lowest BCUT2D eigenvalue weighted by Crippen LogP contribution is -2.18. The van der Waals surface area contributed by atoms with E-state index in [4.69, 9.17) is 11.6 Å². The summed E-state index contributed by atoms with van der Waals surface area (Å²) in [5, 5.41) is 4.01. The molecule has 21 heavy (non-hydrogen) atoms. The predicted octanol–water partition coefficient (Wildman–Crippen LogP) is 3.95. The summed E-state index contributed by atoms with van der Waals surface area (Å²) >= 11 is 7.95. The van der Waals surface area contributed by atoms with Crippen molar-refractivity contribution >= 4 is 28.8 Å². The third kappa shape index (κ3) is 4.66. The monoisotopic (exact) mass is 324 g/mol. The smallest absolute Gasteiger partial charge is 0.126 e. The number of aryl methyl sites for hydroxylation is 1. The molecule has 2 aromatic rings. The largest absolute Gasteiger partial charge is 0.370 e. The van der Waals surface area contributed by atoms with Gasteiger partial charge in [-0.05, 0) is 32.5 Å². The molecule has 0 atom stereocenters. The number of hydrogen-bond acceptors (Lipinski definition) is 5. The molecule has 0 spiro atoms. The van der Waals surface area contributed by atoms with Gasteiger partial charge in [0.05, 0.1) is 21.9 Å². The maximum atomic E-state index is 6.26. The normalized spacial score (nSPS) is 11.1. The van der Waals surface area contributed by atoms with Crippen LogP contribution in [0, 0.1) is 6.92 Å². The zero-order valence-corrected chi connectivity index (χ0v) is 14.3. The fourth-order valence-corrected chi connectivity index (χ4v) is 3.00. The fraction of sp³-hybridized carbons (Fsp3) is 0.467. The Balaban J connectivity index is 2.02. The quantitative estimate of drug-likeness (QED) is 0.837. The highest BCUT2D eigenvalue weighted by Crippen LogP contribution is 2.20. The third-order valence-corrected chi connectivity index (χ3v) is 4.42. The van der Waals surface area contributed by atoms with Gasteiger partial charge in [0.1, 0.15) is 5.82 Å². The molecule has 0 radical (unpaired) electrons. The summed E-state index contributed by atoms with van der Waals surface area (Å²) in [7, 11) is 2.07. The first-order valence-corrected chi connectivity index (χ1v) is 8.32. The molecule has 0 fully saturated rings. The van der Waals surface area contributed by atoms with Gasteiger partial charge in [0.25, 0.3) is 0 Å². The molecule has 0 aliphatic rings. The molecule has 0 unspecified atom stereocenters. The second-order valence-corrected chi connectivity index (χ2v) is 6.43. The lowest BCUT2D eigenvalue weighted by atomic mass is 10.3. The summed E-state index contributed by atoms with van der Waals surface area (Å²) in [5.41, 5.74) is 3.89. The van der Waals surface area contributed by atoms with Crippen LogP contribution in [0.1, 0.15) is 29.6 Å². The number of pyridine rings is 1. The van der Waals surface area contributed by atoms with E-state index < -0.39 is 0 Å². The van der Waals surface area contributed by atoms with Gasteiger partial charge in [-0.15, -0.1) is 11.3 Å². The Labute approximate surface area is 135 Å². The molecule has 0 aliphatic heterocycles. The number of nitrogens with one attached hydrogen (secondary N) is 1. The molecule has 6 heteroatoms. The van der Waals surface area contributed by atoms with Crippen LogP contribution in [-0.2, 0) is 13.1 Å². The lowest BCUT2D eigenvalue weighted by Gasteiger charge is -2.17. The van der Waals surface area contributed by atoms with E-state index in [2.05, 4.69) is 34.2 Å². The van der Waals surface area contributed by atoms with Crippen LogP contribution in [0.5, 0.6) is 0 Å². The zero-order chi connectivity index (χ0) is 15.2. The van der Waals surface area contributed by atoms with Crippen LogP contribution in [0.4, 0.5) is 5.82 Å². The summed E-state index contributed by atoms with van der Waals surface area (Å²) < 4.78 is 0. The Bertz CT molecular complexity index is 585. The van der Waals surface area contributed by atoms with Crippen molar-refractivity contribution in [3.05, 3.63) is 38.9 Å². The summed E-state index contributed by atoms with van der Waals surface area (Å²) in [6.45, 7) is 6.68. The molecule has 0 saturated heterocycles. The molecule has 0 amide bonds. The molecular formula is C15H21ClN4S. The summed E-state index contributed by atoms with van der Waals surface area (Å²) in [6, 6.07) is 3.84. The van der Waals surface area contributed by atoms with Gasteiger partial charge in [0.15, 0.2) is 0 Å². The highest BCUT2D eigenvalue weighted by Gasteiger charge is 2.10. The number of nitrogens with zero attached hydrogens (tertiary/aromatic N) is 3. The molecule has 0 saturated carbocycles. The number of hydrogen-bond donors (Lipinski definition) is 1. The first-order valence-electron chi connectivity index (χ1n) is 7.07. The Morgan fingerprint density at radius 1 is 1.33 bits per heavy atom. The van der Waals surface area contributed by atoms with E-state index in [0.717, 1.165) is 43.3 Å². The topological polar surface area (TPSA) is 41.0 Å². The molecule has 0 aromatic carbocycles. The molecular weight excluding hydrogens is 304 g/mol. The fourth-order valence-electron chi connectivity index (χ4n) is 1.98. The first kappa shape index (κ1) is 16.2. The molecule has 114 valence electrons. The van der Waals surface area contributed by atoms with Gasteiger partial charge < -0.3 is 5.32 Å². The average Bonchev–Trinajstić information content (AvgIpc) is 2.85. The van der Waals surface area contributed by atoms with E-state index in [-0.39, 0.29) is 0 Å². The Kier molecular flexibility index (Phi) is 5.96. The molecule has 2 heterocycles. The van der Waals surface area contributed by atoms with Crippen LogP contribution in [0.25, 0.3) is 0 Å². The van der Waals surface area contributed by atoms with Crippen LogP contribution in [0.2, 0.25) is 5.02 Å². The van der Waals surface area contributed by atoms with Crippen molar-refractivity contribution in [1.82, 2.24) is 14.9 Å². The van der Waals surface area contributed by atoms with Crippen molar-refractivity contribution in [2.75, 3.05) is 18.9 Å². The first-order chi connectivity index (χ1) is 10.1. The molecule has 0 bridgehead atoms. The van der Waals surface area contributed by atoms with Gasteiger partial charge in [-0.1, -0.05) is 18.5 Å². The highest BCUT2D eigenvalue weighted by molar-refractivity contribution is 7.09. The number of anilines is 1. The third-order valence-electron chi connectivity index (χ3n) is 3.15. The molecule has 4 nitrogen and oxygen atoms in total. The molecule has 2 rings (SSSR count). The SMILES string of the molecule is CCCNc1ccc(Cl)c(CN(C)Cc2scnc2C)n1. The van der Waals surface area contributed by atoms with Gasteiger partial charge in [0.2, 0.25) is 0 Å². The second kappa shape index (κ2) is 7.73. The van der Waals surface area contributed by atoms with Gasteiger partial charge in [-0.3, -0.25) is 4.90 Å². The van der Waals surface area contributed by atoms with Crippen LogP contribution < -0.4 is 5.32 Å². The number of rotatable bonds is 7. The lowest BCUT2D eigenvalue weighted by molar-refractivity contribution is 0.317. The van der Waals surface area contributed by atoms with E-state index >= 15 is 0 Å². The Morgan fingerprint density at radius 2 is 2.14 bits per heavy atom. The van der Waals surface area contributed by atoms with E-state index in [1.807, 2.05) is 24.6 Å². The Hall–Kier alpha value is -1.17. The van der Waals surface area contributed by atoms with E-state index in [1.54, 1.807) is 11.3 Å². The van der Waals surface area contributed by atoms with Crippen LogP contribution >= 0.6 is 22.9 Å². The highest BCUT2D eigenvalue weighted by atomic mass is 35.5. The minimum atomic E-state index is 0.713. The van der Waals surface area contributed by atoms with Crippen molar-refractivity contribution in [3.8, 4) is 0 Å². The number of thiazole rings is 1. The van der Waals surface area contributed by atoms with Gasteiger partial charge >= 0.3 is 0 Å². The van der Waals surface area contributed by atoms with Crippen LogP contribution in [0.3, 0.4) is 0 Å². The minimum absolute atomic E-state index is 0.713. The number of aromatic nitrogens is 2. The molecule has 2 aromatic heterocycles. The van der Waals surface area contributed by atoms with Gasteiger partial charge in [0, 0.05) is 24.5 Å². The maximum Gasteiger partial charge on any atom is 0.126 e. The second-order valence-electron chi connectivity index (χ2n) is 5.09. The Morgan fingerprint density at radius 3 is 2.81 bits per heavy atom. The van der Waals surface area contributed by atoms with Gasteiger partial charge in [-0.2, -0.15) is 0 Å². The summed E-state index contributed by atoms with van der Waals surface area (Å²) in [6.07, 6.45) is 1.07. The predicted molar refractivity (Wildman–Crippen MR) is 90.0 cm³/mol. The van der Waals surface area contributed by atoms with E-state index in [1.165, 1.54) is 4.88 Å². The minimum Gasteiger partial charge on any atom is -0.370 e. The standard InChI is InChI=1S/C15H21ClN4S/c1-4-7-17-15-6-5-12(16)13(19-15)8-20(3)9-14-11(2)18-10-21-14/h5-6,10H,4,7-9H2,1-3H3,(H,17,19). The summed E-state index contributed by atoms with van der Waals surface area (Å²) in [4.78, 5) is 12.4. The van der Waals surface area contributed by atoms with Crippen LogP contribution in [0.15, 0.2) is 17.6 Å². The maximum absolute atomic E-state index is 6.26. The van der Waals surface area contributed by atoms with E-state index in [9.17, 15) is 0 Å². The van der Waals surface area contributed by atoms with Gasteiger partial charge in [-0.25, -0.2) is 9.97 Å². The van der Waals surface area contributed by atoms with Crippen molar-refractivity contribution in [2.24, 2.45) is 0 Å². The average molecular weight is 325 g/mol. The van der Waals surface area contributed by atoms with Crippen molar-refractivity contribution in [3.63, 3.8) is 0 Å². The van der Waals surface area contributed by atoms with Crippen molar-refractivity contribution in [2.45, 2.75) is 33.4 Å². The van der Waals surface area contributed by atoms with Crippen LogP contribution in [-0.4, -0.2) is 28.5 Å². The van der Waals surface area contributed by atoms with Crippen molar-refractivity contribution < 1.29 is 0 Å². The molecule has 0 aliphatic carbocycles. The van der Waals surface area contributed by atoms with Crippen molar-refractivity contribution in [1.29, 1.82) is 0 Å². The summed E-state index contributed by atoms with van der Waals surface area (Å²) in [5.74, 6) is 0.888.